The summed E-state index contributed by atoms with van der Waals surface area (Å²) in [6.07, 6.45) is 5.96. The topological polar surface area (TPSA) is 106 Å². The fraction of sp³-hybridized carbons (Fsp3) is 0.444. The highest BCUT2D eigenvalue weighted by atomic mass is 17.3. The summed E-state index contributed by atoms with van der Waals surface area (Å²) in [5.74, 6) is -0.764. The van der Waals surface area contributed by atoms with Gasteiger partial charge < -0.3 is 14.2 Å². The largest absolute Gasteiger partial charge is 0.519 e. The lowest BCUT2D eigenvalue weighted by molar-refractivity contribution is -0.384. The molecule has 0 amide bonds. The van der Waals surface area contributed by atoms with Crippen LogP contribution in [0, 0.1) is 16.0 Å². The van der Waals surface area contributed by atoms with Crippen LogP contribution in [0.1, 0.15) is 63.9 Å². The molecule has 1 unspecified atom stereocenters. The van der Waals surface area contributed by atoms with E-state index >= 15 is 0 Å². The van der Waals surface area contributed by atoms with Crippen LogP contribution in [0.2, 0.25) is 0 Å². The molecule has 2 fully saturated rings. The van der Waals surface area contributed by atoms with Crippen molar-refractivity contribution >= 4 is 11.8 Å². The number of non-ortho nitro benzene ring substituents is 1. The smallest absolute Gasteiger partial charge is 0.395 e. The Morgan fingerprint density at radius 2 is 1.81 bits per heavy atom. The minimum Gasteiger partial charge on any atom is -0.395 e. The number of nitro benzene ring substituents is 1. The maximum atomic E-state index is 12.1. The molecule has 1 aliphatic carbocycles. The number of hydrogen-bond acceptors (Lipinski definition) is 8. The molecule has 192 valence electrons. The van der Waals surface area contributed by atoms with Gasteiger partial charge in [-0.15, -0.1) is 6.58 Å². The summed E-state index contributed by atoms with van der Waals surface area (Å²) < 4.78 is 16.8. The normalized spacial score (nSPS) is 26.3. The molecule has 0 radical (unpaired) electrons. The fourth-order valence-corrected chi connectivity index (χ4v) is 4.97. The van der Waals surface area contributed by atoms with E-state index in [4.69, 9.17) is 24.0 Å². The van der Waals surface area contributed by atoms with E-state index in [1.54, 1.807) is 12.1 Å². The van der Waals surface area contributed by atoms with Gasteiger partial charge in [0.1, 0.15) is 11.5 Å². The minimum absolute atomic E-state index is 0.0951. The van der Waals surface area contributed by atoms with E-state index in [9.17, 15) is 14.9 Å². The van der Waals surface area contributed by atoms with Crippen LogP contribution < -0.4 is 9.47 Å². The van der Waals surface area contributed by atoms with Gasteiger partial charge in [-0.3, -0.25) is 10.1 Å². The first-order valence-electron chi connectivity index (χ1n) is 12.2. The second-order valence-corrected chi connectivity index (χ2v) is 9.39. The third-order valence-electron chi connectivity index (χ3n) is 6.90. The number of ether oxygens (including phenoxy) is 3. The number of allylic oxidation sites excluding steroid dienone is 1. The first kappa shape index (κ1) is 25.8. The second kappa shape index (κ2) is 10.8. The second-order valence-electron chi connectivity index (χ2n) is 9.39. The molecule has 9 nitrogen and oxygen atoms in total. The monoisotopic (exact) mass is 497 g/mol. The van der Waals surface area contributed by atoms with Gasteiger partial charge in [0.15, 0.2) is 0 Å². The SMILES string of the molecule is C=CCC(CC)[C@@]1(C)OO[C@@]2(CCC[C@@H](c3ccc(OC(=O)Oc4ccc([N+](=O)[O-])cc4)cc3)C2)O1. The maximum absolute atomic E-state index is 12.1. The van der Waals surface area contributed by atoms with Crippen molar-refractivity contribution in [1.29, 1.82) is 0 Å². The van der Waals surface area contributed by atoms with Crippen molar-refractivity contribution in [1.82, 2.24) is 0 Å². The van der Waals surface area contributed by atoms with Crippen LogP contribution in [0.5, 0.6) is 11.5 Å². The Hall–Kier alpha value is -3.27. The molecule has 1 saturated heterocycles. The first-order valence-corrected chi connectivity index (χ1v) is 12.2. The third kappa shape index (κ3) is 5.75. The Morgan fingerprint density at radius 3 is 2.39 bits per heavy atom. The molecule has 0 N–H and O–H groups in total. The summed E-state index contributed by atoms with van der Waals surface area (Å²) in [5.41, 5.74) is 0.992. The van der Waals surface area contributed by atoms with Gasteiger partial charge in [-0.25, -0.2) is 4.79 Å². The maximum Gasteiger partial charge on any atom is 0.519 e. The Bertz CT molecular complexity index is 1090. The van der Waals surface area contributed by atoms with E-state index < -0.39 is 22.7 Å². The van der Waals surface area contributed by atoms with Crippen molar-refractivity contribution in [3.05, 3.63) is 76.9 Å². The van der Waals surface area contributed by atoms with Crippen molar-refractivity contribution in [2.24, 2.45) is 5.92 Å². The van der Waals surface area contributed by atoms with Crippen LogP contribution in [0.15, 0.2) is 61.2 Å². The van der Waals surface area contributed by atoms with Gasteiger partial charge >= 0.3 is 6.16 Å². The summed E-state index contributed by atoms with van der Waals surface area (Å²) in [5, 5.41) is 10.7. The zero-order chi connectivity index (χ0) is 25.8. The van der Waals surface area contributed by atoms with Gasteiger partial charge in [-0.05, 0) is 68.4 Å². The van der Waals surface area contributed by atoms with Crippen LogP contribution in [-0.2, 0) is 14.5 Å². The number of hydrogen-bond donors (Lipinski definition) is 0. The quantitative estimate of drug-likeness (QED) is 0.0976. The van der Waals surface area contributed by atoms with Gasteiger partial charge in [0, 0.05) is 30.9 Å². The highest BCUT2D eigenvalue weighted by Crippen LogP contribution is 2.50. The van der Waals surface area contributed by atoms with E-state index in [1.807, 2.05) is 25.1 Å². The average Bonchev–Trinajstić information content (AvgIpc) is 3.19. The molecule has 36 heavy (non-hydrogen) atoms. The van der Waals surface area contributed by atoms with Gasteiger partial charge in [0.25, 0.3) is 5.69 Å². The van der Waals surface area contributed by atoms with Gasteiger partial charge in [0.05, 0.1) is 4.92 Å². The van der Waals surface area contributed by atoms with E-state index in [2.05, 4.69) is 13.5 Å². The Kier molecular flexibility index (Phi) is 7.73. The van der Waals surface area contributed by atoms with Crippen molar-refractivity contribution in [2.45, 2.75) is 69.9 Å². The molecule has 1 aliphatic heterocycles. The lowest BCUT2D eigenvalue weighted by atomic mass is 9.80. The third-order valence-corrected chi connectivity index (χ3v) is 6.90. The highest BCUT2D eigenvalue weighted by Gasteiger charge is 2.55. The molecule has 2 aliphatic rings. The number of nitro groups is 1. The molecular formula is C27H31NO8. The zero-order valence-electron chi connectivity index (χ0n) is 20.5. The molecule has 2 aromatic rings. The van der Waals surface area contributed by atoms with Crippen LogP contribution in [-0.4, -0.2) is 22.7 Å². The first-order chi connectivity index (χ1) is 17.3. The molecule has 0 bridgehead atoms. The predicted molar refractivity (Wildman–Crippen MR) is 130 cm³/mol. The summed E-state index contributed by atoms with van der Waals surface area (Å²) in [4.78, 5) is 33.9. The molecule has 1 spiro atoms. The number of carbonyl (C=O) groups excluding carboxylic acids is 1. The lowest BCUT2D eigenvalue weighted by Crippen LogP contribution is -2.42. The summed E-state index contributed by atoms with van der Waals surface area (Å²) >= 11 is 0. The number of rotatable bonds is 8. The minimum atomic E-state index is -0.928. The summed E-state index contributed by atoms with van der Waals surface area (Å²) in [6, 6.07) is 12.4. The number of benzene rings is 2. The lowest BCUT2D eigenvalue weighted by Gasteiger charge is -2.37. The van der Waals surface area contributed by atoms with Crippen molar-refractivity contribution in [3.8, 4) is 11.5 Å². The molecule has 4 rings (SSSR count). The van der Waals surface area contributed by atoms with Crippen molar-refractivity contribution in [3.63, 3.8) is 0 Å². The highest BCUT2D eigenvalue weighted by molar-refractivity contribution is 5.67. The van der Waals surface area contributed by atoms with Crippen molar-refractivity contribution < 1.29 is 33.7 Å². The standard InChI is InChI=1S/C27H31NO8/c1-4-7-21(5-2)26(3)34-27(36-35-26)17-6-8-20(18-27)19-9-13-23(14-10-19)32-25(29)33-24-15-11-22(12-16-24)28(30)31/h4,9-16,20-21H,1,5-8,17-18H2,2-3H3/t20-,21?,26-,27-/m1/s1. The Labute approximate surface area is 210 Å². The summed E-state index contributed by atoms with van der Waals surface area (Å²) in [6.45, 7) is 7.89. The predicted octanol–water partition coefficient (Wildman–Crippen LogP) is 6.82. The molecular weight excluding hydrogens is 466 g/mol. The van der Waals surface area contributed by atoms with Gasteiger partial charge in [0.2, 0.25) is 11.6 Å². The molecule has 0 aromatic heterocycles. The molecule has 1 saturated carbocycles. The molecule has 1 heterocycles. The van der Waals surface area contributed by atoms with E-state index in [0.717, 1.165) is 37.7 Å². The fourth-order valence-electron chi connectivity index (χ4n) is 4.97. The van der Waals surface area contributed by atoms with E-state index in [1.165, 1.54) is 24.3 Å². The summed E-state index contributed by atoms with van der Waals surface area (Å²) in [7, 11) is 0. The van der Waals surface area contributed by atoms with E-state index in [0.29, 0.717) is 12.2 Å². The van der Waals surface area contributed by atoms with Crippen LogP contribution in [0.25, 0.3) is 0 Å². The molecule has 2 aromatic carbocycles. The zero-order valence-corrected chi connectivity index (χ0v) is 20.5. The van der Waals surface area contributed by atoms with E-state index in [-0.39, 0.29) is 23.3 Å². The van der Waals surface area contributed by atoms with Crippen molar-refractivity contribution in [2.75, 3.05) is 0 Å². The van der Waals surface area contributed by atoms with Gasteiger partial charge in [-0.2, -0.15) is 9.78 Å². The van der Waals surface area contributed by atoms with Crippen LogP contribution >= 0.6 is 0 Å². The van der Waals surface area contributed by atoms with Crippen LogP contribution in [0.4, 0.5) is 10.5 Å². The number of carbonyl (C=O) groups is 1. The Morgan fingerprint density at radius 1 is 1.17 bits per heavy atom. The van der Waals surface area contributed by atoms with Crippen LogP contribution in [0.3, 0.4) is 0 Å². The molecule has 4 atom stereocenters. The average molecular weight is 498 g/mol. The Balaban J connectivity index is 1.35. The number of nitrogens with zero attached hydrogens (tertiary/aromatic N) is 1. The van der Waals surface area contributed by atoms with Gasteiger partial charge in [-0.1, -0.05) is 25.1 Å². The molecule has 9 heteroatoms.